The van der Waals surface area contributed by atoms with Crippen molar-refractivity contribution >= 4 is 18.1 Å². The maximum atomic E-state index is 12.7. The van der Waals surface area contributed by atoms with Gasteiger partial charge in [0.15, 0.2) is 11.5 Å². The number of aryl methyl sites for hydroxylation is 1. The molecule has 0 aromatic heterocycles. The van der Waals surface area contributed by atoms with Crippen molar-refractivity contribution in [1.29, 1.82) is 0 Å². The molecule has 0 aliphatic rings. The van der Waals surface area contributed by atoms with Gasteiger partial charge in [-0.1, -0.05) is 51.1 Å². The van der Waals surface area contributed by atoms with E-state index in [1.807, 2.05) is 38.1 Å². The van der Waals surface area contributed by atoms with E-state index in [1.165, 1.54) is 6.21 Å². The number of carbonyl (C=O) groups excluding carboxylic acids is 2. The maximum absolute atomic E-state index is 12.7. The summed E-state index contributed by atoms with van der Waals surface area (Å²) in [6.07, 6.45) is 1.51. The van der Waals surface area contributed by atoms with Gasteiger partial charge in [0, 0.05) is 5.56 Å². The molecule has 3 rings (SSSR count). The molecule has 0 fully saturated rings. The second-order valence-electron chi connectivity index (χ2n) is 8.87. The van der Waals surface area contributed by atoms with Crippen molar-refractivity contribution in [3.8, 4) is 11.5 Å². The van der Waals surface area contributed by atoms with E-state index in [0.717, 1.165) is 11.1 Å². The molecular formula is C28H30N2O4. The molecule has 3 aromatic rings. The molecule has 1 amide bonds. The van der Waals surface area contributed by atoms with Gasteiger partial charge in [-0.15, -0.1) is 0 Å². The molecule has 0 unspecified atom stereocenters. The fourth-order valence-electron chi connectivity index (χ4n) is 3.28. The molecule has 0 aliphatic heterocycles. The first-order chi connectivity index (χ1) is 16.2. The summed E-state index contributed by atoms with van der Waals surface area (Å²) >= 11 is 0. The largest absolute Gasteiger partial charge is 0.490 e. The molecule has 6 heteroatoms. The van der Waals surface area contributed by atoms with Crippen LogP contribution in [0.25, 0.3) is 0 Å². The predicted molar refractivity (Wildman–Crippen MR) is 134 cm³/mol. The van der Waals surface area contributed by atoms with Gasteiger partial charge in [0.2, 0.25) is 0 Å². The molecule has 0 aliphatic carbocycles. The highest BCUT2D eigenvalue weighted by Gasteiger charge is 2.17. The highest BCUT2D eigenvalue weighted by atomic mass is 16.6. The van der Waals surface area contributed by atoms with Gasteiger partial charge < -0.3 is 9.47 Å². The fraction of sp³-hybridized carbons (Fsp3) is 0.250. The number of hydrogen-bond donors (Lipinski definition) is 1. The van der Waals surface area contributed by atoms with Gasteiger partial charge in [0.1, 0.15) is 0 Å². The highest BCUT2D eigenvalue weighted by Crippen LogP contribution is 2.29. The first kappa shape index (κ1) is 24.7. The number of nitrogens with one attached hydrogen (secondary N) is 1. The molecule has 0 saturated heterocycles. The van der Waals surface area contributed by atoms with E-state index < -0.39 is 5.97 Å². The topological polar surface area (TPSA) is 77.0 Å². The van der Waals surface area contributed by atoms with E-state index >= 15 is 0 Å². The monoisotopic (exact) mass is 458 g/mol. The molecule has 0 atom stereocenters. The van der Waals surface area contributed by atoms with Crippen LogP contribution in [0.15, 0.2) is 71.8 Å². The van der Waals surface area contributed by atoms with Crippen LogP contribution in [0.1, 0.15) is 65.1 Å². The summed E-state index contributed by atoms with van der Waals surface area (Å²) in [4.78, 5) is 25.0. The summed E-state index contributed by atoms with van der Waals surface area (Å²) in [7, 11) is 0. The van der Waals surface area contributed by atoms with Crippen LogP contribution >= 0.6 is 0 Å². The Balaban J connectivity index is 1.71. The lowest BCUT2D eigenvalue weighted by Crippen LogP contribution is -2.18. The third kappa shape index (κ3) is 6.32. The Hall–Kier alpha value is -3.93. The summed E-state index contributed by atoms with van der Waals surface area (Å²) in [6.45, 7) is 10.5. The summed E-state index contributed by atoms with van der Waals surface area (Å²) < 4.78 is 11.3. The van der Waals surface area contributed by atoms with Crippen molar-refractivity contribution in [2.24, 2.45) is 5.10 Å². The Morgan fingerprint density at radius 1 is 0.971 bits per heavy atom. The number of esters is 1. The molecule has 0 saturated carbocycles. The fourth-order valence-corrected chi connectivity index (χ4v) is 3.28. The number of hydrogen-bond acceptors (Lipinski definition) is 5. The van der Waals surface area contributed by atoms with Gasteiger partial charge in [-0.25, -0.2) is 10.2 Å². The average molecular weight is 459 g/mol. The second-order valence-corrected chi connectivity index (χ2v) is 8.87. The van der Waals surface area contributed by atoms with Gasteiger partial charge in [-0.3, -0.25) is 4.79 Å². The normalized spacial score (nSPS) is 11.3. The zero-order valence-corrected chi connectivity index (χ0v) is 20.2. The van der Waals surface area contributed by atoms with Crippen molar-refractivity contribution in [2.75, 3.05) is 6.61 Å². The van der Waals surface area contributed by atoms with Crippen molar-refractivity contribution in [3.05, 3.63) is 94.5 Å². The molecule has 1 N–H and O–H groups in total. The molecule has 176 valence electrons. The molecule has 0 bridgehead atoms. The lowest BCUT2D eigenvalue weighted by atomic mass is 9.87. The Labute approximate surface area is 200 Å². The van der Waals surface area contributed by atoms with Gasteiger partial charge in [0.05, 0.1) is 18.4 Å². The zero-order chi connectivity index (χ0) is 24.7. The molecule has 0 heterocycles. The quantitative estimate of drug-likeness (QED) is 0.214. The minimum Gasteiger partial charge on any atom is -0.490 e. The summed E-state index contributed by atoms with van der Waals surface area (Å²) in [5.74, 6) is -0.0279. The smallest absolute Gasteiger partial charge is 0.343 e. The number of benzene rings is 3. The van der Waals surface area contributed by atoms with E-state index in [2.05, 4.69) is 31.3 Å². The van der Waals surface area contributed by atoms with Gasteiger partial charge in [-0.2, -0.15) is 5.10 Å². The standard InChI is InChI=1S/C28H30N2O4/c1-6-33-25-17-20(18-29-30-26(31)23-10-8-7-9-19(23)2)11-16-24(25)34-27(32)21-12-14-22(15-13-21)28(3,4)5/h7-18H,6H2,1-5H3,(H,30,31). The number of hydrazone groups is 1. The maximum Gasteiger partial charge on any atom is 0.343 e. The molecule has 0 spiro atoms. The van der Waals surface area contributed by atoms with Crippen molar-refractivity contribution in [3.63, 3.8) is 0 Å². The molecular weight excluding hydrogens is 428 g/mol. The third-order valence-electron chi connectivity index (χ3n) is 5.23. The second kappa shape index (κ2) is 10.8. The van der Waals surface area contributed by atoms with Crippen LogP contribution in [0, 0.1) is 6.92 Å². The minimum atomic E-state index is -0.465. The Morgan fingerprint density at radius 2 is 1.68 bits per heavy atom. The first-order valence-corrected chi connectivity index (χ1v) is 11.2. The van der Waals surface area contributed by atoms with E-state index in [0.29, 0.717) is 34.8 Å². The predicted octanol–water partition coefficient (Wildman–Crippen LogP) is 5.67. The van der Waals surface area contributed by atoms with Crippen LogP contribution in [0.3, 0.4) is 0 Å². The highest BCUT2D eigenvalue weighted by molar-refractivity contribution is 5.96. The van der Waals surface area contributed by atoms with Gasteiger partial charge >= 0.3 is 5.97 Å². The van der Waals surface area contributed by atoms with Gasteiger partial charge in [0.25, 0.3) is 5.91 Å². The van der Waals surface area contributed by atoms with Crippen LogP contribution in [0.5, 0.6) is 11.5 Å². The van der Waals surface area contributed by atoms with Crippen LogP contribution in [-0.4, -0.2) is 24.7 Å². The first-order valence-electron chi connectivity index (χ1n) is 11.2. The minimum absolute atomic E-state index is 0.00134. The summed E-state index contributed by atoms with van der Waals surface area (Å²) in [5.41, 5.74) is 6.24. The lowest BCUT2D eigenvalue weighted by Gasteiger charge is -2.19. The van der Waals surface area contributed by atoms with Crippen molar-refractivity contribution in [1.82, 2.24) is 5.43 Å². The molecule has 34 heavy (non-hydrogen) atoms. The Bertz CT molecular complexity index is 1190. The van der Waals surface area contributed by atoms with Crippen LogP contribution in [0.2, 0.25) is 0 Å². The Kier molecular flexibility index (Phi) is 7.84. The van der Waals surface area contributed by atoms with Gasteiger partial charge in [-0.05, 0) is 72.4 Å². The number of carbonyl (C=O) groups is 2. The average Bonchev–Trinajstić information content (AvgIpc) is 2.80. The Morgan fingerprint density at radius 3 is 2.32 bits per heavy atom. The number of amides is 1. The SMILES string of the molecule is CCOc1cc(C=NNC(=O)c2ccccc2C)ccc1OC(=O)c1ccc(C(C)(C)C)cc1. The summed E-state index contributed by atoms with van der Waals surface area (Å²) in [6, 6.07) is 19.8. The van der Waals surface area contributed by atoms with E-state index in [4.69, 9.17) is 9.47 Å². The van der Waals surface area contributed by atoms with Crippen molar-refractivity contribution in [2.45, 2.75) is 40.0 Å². The molecule has 0 radical (unpaired) electrons. The van der Waals surface area contributed by atoms with Crippen LogP contribution < -0.4 is 14.9 Å². The van der Waals surface area contributed by atoms with Crippen LogP contribution in [-0.2, 0) is 5.41 Å². The molecule has 6 nitrogen and oxygen atoms in total. The van der Waals surface area contributed by atoms with E-state index in [1.54, 1.807) is 42.5 Å². The molecule has 3 aromatic carbocycles. The number of ether oxygens (including phenoxy) is 2. The number of nitrogens with zero attached hydrogens (tertiary/aromatic N) is 1. The van der Waals surface area contributed by atoms with E-state index in [9.17, 15) is 9.59 Å². The van der Waals surface area contributed by atoms with Crippen molar-refractivity contribution < 1.29 is 19.1 Å². The van der Waals surface area contributed by atoms with E-state index in [-0.39, 0.29) is 11.3 Å². The zero-order valence-electron chi connectivity index (χ0n) is 20.2. The third-order valence-corrected chi connectivity index (χ3v) is 5.23. The van der Waals surface area contributed by atoms with Crippen LogP contribution in [0.4, 0.5) is 0 Å². The summed E-state index contributed by atoms with van der Waals surface area (Å²) in [5, 5.41) is 4.04. The lowest BCUT2D eigenvalue weighted by molar-refractivity contribution is 0.0728. The number of rotatable bonds is 7.